The molecule has 2 aromatic rings. The molecule has 0 unspecified atom stereocenters. The van der Waals surface area contributed by atoms with Crippen molar-refractivity contribution < 1.29 is 4.52 Å². The van der Waals surface area contributed by atoms with Crippen molar-refractivity contribution in [2.45, 2.75) is 32.7 Å². The standard InChI is InChI=1S/C14H18N2O/c1-14(2,3)12-6-4-10(5-7-12)13-11(8-15)9-17-16-13/h4-7,9H,8,15H2,1-3H3. The van der Waals surface area contributed by atoms with Gasteiger partial charge in [0.2, 0.25) is 0 Å². The van der Waals surface area contributed by atoms with Crippen molar-refractivity contribution in [3.8, 4) is 11.3 Å². The molecule has 3 nitrogen and oxygen atoms in total. The summed E-state index contributed by atoms with van der Waals surface area (Å²) in [6.45, 7) is 7.04. The van der Waals surface area contributed by atoms with Crippen LogP contribution in [0.3, 0.4) is 0 Å². The lowest BCUT2D eigenvalue weighted by atomic mass is 9.86. The third-order valence-corrected chi connectivity index (χ3v) is 2.89. The quantitative estimate of drug-likeness (QED) is 0.862. The van der Waals surface area contributed by atoms with Gasteiger partial charge in [-0.05, 0) is 11.0 Å². The second kappa shape index (κ2) is 4.34. The Morgan fingerprint density at radius 2 is 1.82 bits per heavy atom. The average molecular weight is 230 g/mol. The van der Waals surface area contributed by atoms with Crippen LogP contribution < -0.4 is 5.73 Å². The van der Waals surface area contributed by atoms with Crippen LogP contribution in [0, 0.1) is 0 Å². The molecule has 0 atom stereocenters. The summed E-state index contributed by atoms with van der Waals surface area (Å²) in [5, 5.41) is 3.99. The average Bonchev–Trinajstić information content (AvgIpc) is 2.76. The van der Waals surface area contributed by atoms with E-state index in [1.165, 1.54) is 5.56 Å². The van der Waals surface area contributed by atoms with Gasteiger partial charge in [-0.3, -0.25) is 0 Å². The van der Waals surface area contributed by atoms with Gasteiger partial charge in [0.15, 0.2) is 0 Å². The summed E-state index contributed by atoms with van der Waals surface area (Å²) in [5.41, 5.74) is 9.93. The second-order valence-electron chi connectivity index (χ2n) is 5.22. The molecule has 0 amide bonds. The topological polar surface area (TPSA) is 52.0 Å². The number of hydrogen-bond donors (Lipinski definition) is 1. The van der Waals surface area contributed by atoms with Crippen molar-refractivity contribution in [2.24, 2.45) is 5.73 Å². The zero-order valence-corrected chi connectivity index (χ0v) is 10.5. The molecule has 2 rings (SSSR count). The van der Waals surface area contributed by atoms with Gasteiger partial charge in [-0.25, -0.2) is 0 Å². The summed E-state index contributed by atoms with van der Waals surface area (Å²) >= 11 is 0. The lowest BCUT2D eigenvalue weighted by Gasteiger charge is -2.18. The number of hydrogen-bond acceptors (Lipinski definition) is 3. The summed E-state index contributed by atoms with van der Waals surface area (Å²) in [4.78, 5) is 0. The van der Waals surface area contributed by atoms with Gasteiger partial charge in [-0.15, -0.1) is 0 Å². The predicted octanol–water partition coefficient (Wildman–Crippen LogP) is 3.10. The van der Waals surface area contributed by atoms with E-state index in [1.807, 2.05) is 0 Å². The van der Waals surface area contributed by atoms with Gasteiger partial charge in [0.1, 0.15) is 12.0 Å². The van der Waals surface area contributed by atoms with Crippen LogP contribution in [0.15, 0.2) is 35.1 Å². The number of nitrogens with zero attached hydrogens (tertiary/aromatic N) is 1. The van der Waals surface area contributed by atoms with E-state index in [0.717, 1.165) is 16.8 Å². The molecule has 0 aliphatic rings. The van der Waals surface area contributed by atoms with Crippen molar-refractivity contribution in [2.75, 3.05) is 0 Å². The Morgan fingerprint density at radius 3 is 2.35 bits per heavy atom. The Hall–Kier alpha value is -1.61. The lowest BCUT2D eigenvalue weighted by molar-refractivity contribution is 0.421. The highest BCUT2D eigenvalue weighted by atomic mass is 16.5. The molecule has 0 aliphatic carbocycles. The van der Waals surface area contributed by atoms with Gasteiger partial charge < -0.3 is 10.3 Å². The maximum Gasteiger partial charge on any atom is 0.128 e. The number of rotatable bonds is 2. The van der Waals surface area contributed by atoms with E-state index in [1.54, 1.807) is 6.26 Å². The van der Waals surface area contributed by atoms with Crippen LogP contribution in [0.4, 0.5) is 0 Å². The molecular formula is C14H18N2O. The molecular weight excluding hydrogens is 212 g/mol. The Labute approximate surface area is 102 Å². The van der Waals surface area contributed by atoms with Crippen LogP contribution in [-0.2, 0) is 12.0 Å². The summed E-state index contributed by atoms with van der Waals surface area (Å²) in [7, 11) is 0. The highest BCUT2D eigenvalue weighted by Gasteiger charge is 2.14. The zero-order chi connectivity index (χ0) is 12.5. The molecule has 2 N–H and O–H groups in total. The molecule has 1 heterocycles. The van der Waals surface area contributed by atoms with Gasteiger partial charge in [0.05, 0.1) is 0 Å². The maximum absolute atomic E-state index is 5.63. The smallest absolute Gasteiger partial charge is 0.128 e. The van der Waals surface area contributed by atoms with Crippen LogP contribution in [0.2, 0.25) is 0 Å². The number of aromatic nitrogens is 1. The Balaban J connectivity index is 2.36. The van der Waals surface area contributed by atoms with Crippen LogP contribution in [0.1, 0.15) is 31.9 Å². The molecule has 0 fully saturated rings. The van der Waals surface area contributed by atoms with E-state index in [9.17, 15) is 0 Å². The largest absolute Gasteiger partial charge is 0.364 e. The van der Waals surface area contributed by atoms with Crippen molar-refractivity contribution in [1.29, 1.82) is 0 Å². The summed E-state index contributed by atoms with van der Waals surface area (Å²) in [6.07, 6.45) is 1.60. The SMILES string of the molecule is CC(C)(C)c1ccc(-c2nocc2CN)cc1. The minimum absolute atomic E-state index is 0.166. The minimum Gasteiger partial charge on any atom is -0.364 e. The fourth-order valence-corrected chi connectivity index (χ4v) is 1.77. The molecule has 90 valence electrons. The van der Waals surface area contributed by atoms with Gasteiger partial charge in [-0.2, -0.15) is 0 Å². The summed E-state index contributed by atoms with van der Waals surface area (Å²) in [5.74, 6) is 0. The Bertz CT molecular complexity index is 492. The van der Waals surface area contributed by atoms with E-state index in [0.29, 0.717) is 6.54 Å². The van der Waals surface area contributed by atoms with Gasteiger partial charge in [0.25, 0.3) is 0 Å². The highest BCUT2D eigenvalue weighted by molar-refractivity contribution is 5.62. The number of benzene rings is 1. The Kier molecular flexibility index (Phi) is 3.03. The first-order chi connectivity index (χ1) is 8.02. The van der Waals surface area contributed by atoms with Crippen LogP contribution >= 0.6 is 0 Å². The van der Waals surface area contributed by atoms with E-state index in [2.05, 4.69) is 50.2 Å². The molecule has 0 spiro atoms. The Morgan fingerprint density at radius 1 is 1.18 bits per heavy atom. The molecule has 1 aromatic heterocycles. The second-order valence-corrected chi connectivity index (χ2v) is 5.22. The third kappa shape index (κ3) is 2.39. The molecule has 17 heavy (non-hydrogen) atoms. The van der Waals surface area contributed by atoms with E-state index in [4.69, 9.17) is 10.3 Å². The molecule has 0 bridgehead atoms. The molecule has 1 aromatic carbocycles. The maximum atomic E-state index is 5.63. The van der Waals surface area contributed by atoms with Gasteiger partial charge >= 0.3 is 0 Å². The fourth-order valence-electron chi connectivity index (χ4n) is 1.77. The summed E-state index contributed by atoms with van der Waals surface area (Å²) < 4.78 is 4.96. The van der Waals surface area contributed by atoms with Crippen molar-refractivity contribution in [3.63, 3.8) is 0 Å². The first-order valence-electron chi connectivity index (χ1n) is 5.76. The normalized spacial score (nSPS) is 11.8. The van der Waals surface area contributed by atoms with Crippen molar-refractivity contribution in [3.05, 3.63) is 41.7 Å². The first-order valence-corrected chi connectivity index (χ1v) is 5.76. The third-order valence-electron chi connectivity index (χ3n) is 2.89. The van der Waals surface area contributed by atoms with Crippen molar-refractivity contribution in [1.82, 2.24) is 5.16 Å². The number of nitrogens with two attached hydrogens (primary N) is 1. The molecule has 3 heteroatoms. The molecule has 0 radical (unpaired) electrons. The lowest BCUT2D eigenvalue weighted by Crippen LogP contribution is -2.10. The summed E-state index contributed by atoms with van der Waals surface area (Å²) in [6, 6.07) is 8.39. The van der Waals surface area contributed by atoms with Crippen LogP contribution in [0.25, 0.3) is 11.3 Å². The molecule has 0 saturated carbocycles. The predicted molar refractivity (Wildman–Crippen MR) is 68.5 cm³/mol. The van der Waals surface area contributed by atoms with E-state index >= 15 is 0 Å². The van der Waals surface area contributed by atoms with Crippen LogP contribution in [-0.4, -0.2) is 5.16 Å². The monoisotopic (exact) mass is 230 g/mol. The van der Waals surface area contributed by atoms with Crippen molar-refractivity contribution >= 4 is 0 Å². The van der Waals surface area contributed by atoms with E-state index in [-0.39, 0.29) is 5.41 Å². The molecule has 0 aliphatic heterocycles. The van der Waals surface area contributed by atoms with Crippen LogP contribution in [0.5, 0.6) is 0 Å². The van der Waals surface area contributed by atoms with Gasteiger partial charge in [0, 0.05) is 17.7 Å². The zero-order valence-electron chi connectivity index (χ0n) is 10.5. The van der Waals surface area contributed by atoms with Gasteiger partial charge in [-0.1, -0.05) is 50.2 Å². The fraction of sp³-hybridized carbons (Fsp3) is 0.357. The minimum atomic E-state index is 0.166. The highest BCUT2D eigenvalue weighted by Crippen LogP contribution is 2.26. The molecule has 0 saturated heterocycles. The van der Waals surface area contributed by atoms with E-state index < -0.39 is 0 Å². The first kappa shape index (κ1) is 11.9.